The molecule has 1 N–H and O–H groups in total. The number of hydrogen-bond donors (Lipinski definition) is 1. The Morgan fingerprint density at radius 1 is 0.900 bits per heavy atom. The maximum Gasteiger partial charge on any atom is 0.264 e. The van der Waals surface area contributed by atoms with Gasteiger partial charge in [-0.05, 0) is 76.1 Å². The van der Waals surface area contributed by atoms with Gasteiger partial charge in [-0.2, -0.15) is 0 Å². The van der Waals surface area contributed by atoms with Crippen LogP contribution in [0.4, 0.5) is 5.69 Å². The fourth-order valence-corrected chi connectivity index (χ4v) is 5.84. The van der Waals surface area contributed by atoms with Gasteiger partial charge in [0, 0.05) is 22.6 Å². The number of carbonyl (C=O) groups is 2. The summed E-state index contributed by atoms with van der Waals surface area (Å²) in [6.45, 7) is 8.65. The molecule has 2 atom stereocenters. The molecule has 0 heterocycles. The number of sulfonamides is 1. The first-order valence-corrected chi connectivity index (χ1v) is 15.2. The zero-order valence-electron chi connectivity index (χ0n) is 23.3. The van der Waals surface area contributed by atoms with E-state index in [9.17, 15) is 18.0 Å². The normalized spacial score (nSPS) is 12.9. The number of halogens is 2. The van der Waals surface area contributed by atoms with Crippen molar-refractivity contribution in [2.75, 3.05) is 10.8 Å². The maximum absolute atomic E-state index is 14.0. The van der Waals surface area contributed by atoms with Crippen molar-refractivity contribution in [1.29, 1.82) is 0 Å². The predicted octanol–water partition coefficient (Wildman–Crippen LogP) is 6.14. The monoisotopic (exact) mass is 603 g/mol. The number of benzene rings is 3. The standard InChI is InChI=1S/C30H35Cl2N3O4S/c1-6-22(4)33-30(37)23(5)34(18-24-11-12-25(31)17-28(24)32)29(36)19-35(26-13-7-20(2)8-14-26)40(38,39)27-15-9-21(3)10-16-27/h7-17,22-23H,6,18-19H2,1-5H3,(H,33,37)/t22-,23+/m1/s1. The van der Waals surface area contributed by atoms with E-state index in [2.05, 4.69) is 5.32 Å². The quantitative estimate of drug-likeness (QED) is 0.285. The Morgan fingerprint density at radius 3 is 2.02 bits per heavy atom. The SMILES string of the molecule is CC[C@@H](C)NC(=O)[C@H](C)N(Cc1ccc(Cl)cc1Cl)C(=O)CN(c1ccc(C)cc1)S(=O)(=O)c1ccc(C)cc1. The molecule has 2 amide bonds. The summed E-state index contributed by atoms with van der Waals surface area (Å²) >= 11 is 12.5. The van der Waals surface area contributed by atoms with Gasteiger partial charge in [0.15, 0.2) is 0 Å². The molecule has 0 saturated heterocycles. The van der Waals surface area contributed by atoms with Gasteiger partial charge < -0.3 is 10.2 Å². The van der Waals surface area contributed by atoms with Crippen molar-refractivity contribution in [3.05, 3.63) is 93.5 Å². The summed E-state index contributed by atoms with van der Waals surface area (Å²) in [6, 6.07) is 17.2. The van der Waals surface area contributed by atoms with E-state index in [0.717, 1.165) is 15.4 Å². The van der Waals surface area contributed by atoms with Crippen molar-refractivity contribution < 1.29 is 18.0 Å². The number of aryl methyl sites for hydroxylation is 2. The zero-order chi connectivity index (χ0) is 29.6. The summed E-state index contributed by atoms with van der Waals surface area (Å²) in [5.41, 5.74) is 2.76. The number of rotatable bonds is 11. The smallest absolute Gasteiger partial charge is 0.264 e. The molecule has 0 aliphatic heterocycles. The van der Waals surface area contributed by atoms with E-state index >= 15 is 0 Å². The highest BCUT2D eigenvalue weighted by molar-refractivity contribution is 7.92. The first kappa shape index (κ1) is 31.5. The Balaban J connectivity index is 2.04. The molecule has 10 heteroatoms. The molecule has 0 aromatic heterocycles. The third-order valence-corrected chi connectivity index (χ3v) is 9.11. The Labute approximate surface area is 247 Å². The van der Waals surface area contributed by atoms with Gasteiger partial charge in [0.2, 0.25) is 11.8 Å². The second kappa shape index (κ2) is 13.5. The van der Waals surface area contributed by atoms with Gasteiger partial charge in [-0.25, -0.2) is 8.42 Å². The molecule has 0 aliphatic rings. The average Bonchev–Trinajstić information content (AvgIpc) is 2.91. The third-order valence-electron chi connectivity index (χ3n) is 6.73. The first-order valence-electron chi connectivity index (χ1n) is 13.0. The van der Waals surface area contributed by atoms with Crippen molar-refractivity contribution in [1.82, 2.24) is 10.2 Å². The Hall–Kier alpha value is -3.07. The van der Waals surface area contributed by atoms with Crippen LogP contribution in [-0.4, -0.2) is 43.8 Å². The molecule has 3 aromatic rings. The zero-order valence-corrected chi connectivity index (χ0v) is 25.6. The number of hydrogen-bond acceptors (Lipinski definition) is 4. The minimum absolute atomic E-state index is 0.0176. The van der Waals surface area contributed by atoms with E-state index in [-0.39, 0.29) is 23.4 Å². The van der Waals surface area contributed by atoms with E-state index in [1.54, 1.807) is 61.5 Å². The first-order chi connectivity index (χ1) is 18.8. The molecule has 3 aromatic carbocycles. The minimum Gasteiger partial charge on any atom is -0.352 e. The third kappa shape index (κ3) is 7.77. The van der Waals surface area contributed by atoms with Gasteiger partial charge >= 0.3 is 0 Å². The van der Waals surface area contributed by atoms with Crippen molar-refractivity contribution in [2.45, 2.75) is 64.6 Å². The highest BCUT2D eigenvalue weighted by Crippen LogP contribution is 2.27. The van der Waals surface area contributed by atoms with Crippen LogP contribution in [0.1, 0.15) is 43.9 Å². The van der Waals surface area contributed by atoms with Crippen LogP contribution in [0.3, 0.4) is 0 Å². The second-order valence-electron chi connectivity index (χ2n) is 9.91. The maximum atomic E-state index is 14.0. The Kier molecular flexibility index (Phi) is 10.6. The average molecular weight is 605 g/mol. The molecule has 214 valence electrons. The molecule has 0 aliphatic carbocycles. The lowest BCUT2D eigenvalue weighted by atomic mass is 10.1. The predicted molar refractivity (Wildman–Crippen MR) is 161 cm³/mol. The molecule has 0 radical (unpaired) electrons. The lowest BCUT2D eigenvalue weighted by Crippen LogP contribution is -2.52. The van der Waals surface area contributed by atoms with E-state index in [1.165, 1.54) is 17.0 Å². The molecule has 0 spiro atoms. The van der Waals surface area contributed by atoms with Crippen LogP contribution in [0.25, 0.3) is 0 Å². The van der Waals surface area contributed by atoms with Crippen molar-refractivity contribution in [3.63, 3.8) is 0 Å². The summed E-state index contributed by atoms with van der Waals surface area (Å²) in [6.07, 6.45) is 0.714. The number of amides is 2. The lowest BCUT2D eigenvalue weighted by molar-refractivity contribution is -0.139. The van der Waals surface area contributed by atoms with Gasteiger partial charge in [-0.1, -0.05) is 71.6 Å². The van der Waals surface area contributed by atoms with E-state index in [0.29, 0.717) is 27.7 Å². The van der Waals surface area contributed by atoms with Crippen molar-refractivity contribution in [3.8, 4) is 0 Å². The molecular formula is C30H35Cl2N3O4S. The second-order valence-corrected chi connectivity index (χ2v) is 12.6. The van der Waals surface area contributed by atoms with Gasteiger partial charge in [-0.15, -0.1) is 0 Å². The Bertz CT molecular complexity index is 1440. The number of nitrogens with one attached hydrogen (secondary N) is 1. The summed E-state index contributed by atoms with van der Waals surface area (Å²) < 4.78 is 28.8. The van der Waals surface area contributed by atoms with Crippen LogP contribution in [0.15, 0.2) is 71.6 Å². The minimum atomic E-state index is -4.13. The molecule has 0 unspecified atom stereocenters. The molecule has 3 rings (SSSR count). The van der Waals surface area contributed by atoms with Crippen LogP contribution in [0, 0.1) is 13.8 Å². The van der Waals surface area contributed by atoms with Crippen LogP contribution < -0.4 is 9.62 Å². The van der Waals surface area contributed by atoms with Crippen molar-refractivity contribution >= 4 is 50.7 Å². The van der Waals surface area contributed by atoms with E-state index in [1.807, 2.05) is 27.7 Å². The van der Waals surface area contributed by atoms with E-state index in [4.69, 9.17) is 23.2 Å². The topological polar surface area (TPSA) is 86.8 Å². The van der Waals surface area contributed by atoms with Gasteiger partial charge in [-0.3, -0.25) is 13.9 Å². The van der Waals surface area contributed by atoms with Gasteiger partial charge in [0.05, 0.1) is 10.6 Å². The molecule has 0 fully saturated rings. The molecule has 7 nitrogen and oxygen atoms in total. The number of anilines is 1. The lowest BCUT2D eigenvalue weighted by Gasteiger charge is -2.32. The highest BCUT2D eigenvalue weighted by Gasteiger charge is 2.33. The van der Waals surface area contributed by atoms with Crippen LogP contribution in [0.5, 0.6) is 0 Å². The number of nitrogens with zero attached hydrogens (tertiary/aromatic N) is 2. The number of carbonyl (C=O) groups excluding carboxylic acids is 2. The van der Waals surface area contributed by atoms with Crippen LogP contribution in [-0.2, 0) is 26.2 Å². The summed E-state index contributed by atoms with van der Waals surface area (Å²) in [7, 11) is -4.13. The summed E-state index contributed by atoms with van der Waals surface area (Å²) in [5.74, 6) is -0.912. The van der Waals surface area contributed by atoms with Crippen molar-refractivity contribution in [2.24, 2.45) is 0 Å². The van der Waals surface area contributed by atoms with Crippen LogP contribution in [0.2, 0.25) is 10.0 Å². The summed E-state index contributed by atoms with van der Waals surface area (Å²) in [5, 5.41) is 3.68. The molecule has 40 heavy (non-hydrogen) atoms. The van der Waals surface area contributed by atoms with Gasteiger partial charge in [0.1, 0.15) is 12.6 Å². The summed E-state index contributed by atoms with van der Waals surface area (Å²) in [4.78, 5) is 28.5. The largest absolute Gasteiger partial charge is 0.352 e. The fourth-order valence-electron chi connectivity index (χ4n) is 3.96. The molecule has 0 saturated carbocycles. The Morgan fingerprint density at radius 2 is 1.48 bits per heavy atom. The fraction of sp³-hybridized carbons (Fsp3) is 0.333. The molecule has 0 bridgehead atoms. The highest BCUT2D eigenvalue weighted by atomic mass is 35.5. The van der Waals surface area contributed by atoms with Gasteiger partial charge in [0.25, 0.3) is 10.0 Å². The van der Waals surface area contributed by atoms with E-state index < -0.39 is 28.5 Å². The van der Waals surface area contributed by atoms with Crippen LogP contribution >= 0.6 is 23.2 Å². The molecular weight excluding hydrogens is 569 g/mol.